The maximum absolute atomic E-state index is 9.93. The van der Waals surface area contributed by atoms with Crippen LogP contribution in [0, 0.1) is 0 Å². The summed E-state index contributed by atoms with van der Waals surface area (Å²) >= 11 is 5.03. The molecule has 0 aromatic carbocycles. The van der Waals surface area contributed by atoms with Crippen LogP contribution in [0.4, 0.5) is 0 Å². The van der Waals surface area contributed by atoms with Gasteiger partial charge in [0.15, 0.2) is 5.78 Å². The lowest BCUT2D eigenvalue weighted by Gasteiger charge is -1.73. The van der Waals surface area contributed by atoms with Gasteiger partial charge in [-0.25, -0.2) is 0 Å². The third kappa shape index (κ3) is 1.97. The zero-order chi connectivity index (χ0) is 4.99. The van der Waals surface area contributed by atoms with Crippen molar-refractivity contribution in [2.45, 2.75) is 0 Å². The van der Waals surface area contributed by atoms with Crippen LogP contribution in [0.1, 0.15) is 0 Å². The fourth-order valence-electron chi connectivity index (χ4n) is 0.0546. The van der Waals surface area contributed by atoms with E-state index in [0.717, 1.165) is 0 Å². The van der Waals surface area contributed by atoms with Crippen molar-refractivity contribution in [3.63, 3.8) is 0 Å². The molecule has 0 N–H and O–H groups in total. The fraction of sp³-hybridized carbons (Fsp3) is 0.250. The van der Waals surface area contributed by atoms with Gasteiger partial charge in [0.2, 0.25) is 0 Å². The number of carbonyl (C=O) groups is 1. The van der Waals surface area contributed by atoms with Crippen molar-refractivity contribution in [2.75, 3.05) is 5.88 Å². The summed E-state index contributed by atoms with van der Waals surface area (Å²) in [5, 5.41) is 0. The molecule has 34 valence electrons. The van der Waals surface area contributed by atoms with Crippen LogP contribution in [-0.2, 0) is 4.79 Å². The van der Waals surface area contributed by atoms with Crippen molar-refractivity contribution in [2.24, 2.45) is 0 Å². The first-order valence-corrected chi connectivity index (χ1v) is 2.06. The maximum atomic E-state index is 9.93. The molecule has 0 heterocycles. The van der Waals surface area contributed by atoms with E-state index < -0.39 is 0 Å². The molecule has 0 amide bonds. The first-order valence-electron chi connectivity index (χ1n) is 1.52. The molecule has 0 radical (unpaired) electrons. The molecule has 1 nitrogen and oxygen atoms in total. The number of hydrogen-bond donors (Lipinski definition) is 0. The van der Waals surface area contributed by atoms with E-state index in [2.05, 4.69) is 6.58 Å². The highest BCUT2D eigenvalue weighted by Crippen LogP contribution is 1.75. The normalized spacial score (nSPS) is 7.50. The molecule has 0 aromatic rings. The van der Waals surface area contributed by atoms with E-state index in [9.17, 15) is 4.79 Å². The molecular weight excluding hydrogens is 99.5 g/mol. The Kier molecular flexibility index (Phi) is 2.77. The van der Waals surface area contributed by atoms with Gasteiger partial charge >= 0.3 is 0 Å². The van der Waals surface area contributed by atoms with E-state index in [-0.39, 0.29) is 11.7 Å². The van der Waals surface area contributed by atoms with Gasteiger partial charge in [0.1, 0.15) is 0 Å². The van der Waals surface area contributed by atoms with Crippen molar-refractivity contribution in [3.05, 3.63) is 12.7 Å². The van der Waals surface area contributed by atoms with E-state index >= 15 is 0 Å². The third-order valence-corrected chi connectivity index (χ3v) is 0.623. The molecule has 0 unspecified atom stereocenters. The predicted octanol–water partition coefficient (Wildman–Crippen LogP) is 0.980. The molecule has 2 heteroatoms. The summed E-state index contributed by atoms with van der Waals surface area (Å²) < 4.78 is 0. The Morgan fingerprint density at radius 2 is 2.50 bits per heavy atom. The van der Waals surface area contributed by atoms with Gasteiger partial charge in [-0.2, -0.15) is 0 Å². The molecular formula is C4H5ClO. The topological polar surface area (TPSA) is 17.1 Å². The summed E-state index contributed by atoms with van der Waals surface area (Å²) in [4.78, 5) is 9.93. The number of rotatable bonds is 2. The van der Waals surface area contributed by atoms with Gasteiger partial charge in [0, 0.05) is 0 Å². The third-order valence-electron chi connectivity index (χ3n) is 0.359. The smallest absolute Gasteiger partial charge is 0.169 e. The number of alkyl halides is 1. The van der Waals surface area contributed by atoms with Crippen LogP contribution < -0.4 is 0 Å². The second-order valence-electron chi connectivity index (χ2n) is 0.804. The molecule has 0 aromatic heterocycles. The lowest BCUT2D eigenvalue weighted by molar-refractivity contribution is -0.112. The van der Waals surface area contributed by atoms with Crippen LogP contribution in [0.2, 0.25) is 0 Å². The highest BCUT2D eigenvalue weighted by Gasteiger charge is 1.84. The molecule has 0 atom stereocenters. The van der Waals surface area contributed by atoms with E-state index in [0.29, 0.717) is 0 Å². The van der Waals surface area contributed by atoms with Crippen LogP contribution in [0.3, 0.4) is 0 Å². The lowest BCUT2D eigenvalue weighted by atomic mass is 10.5. The van der Waals surface area contributed by atoms with E-state index in [1.807, 2.05) is 0 Å². The van der Waals surface area contributed by atoms with Crippen molar-refractivity contribution in [1.82, 2.24) is 0 Å². The predicted molar refractivity (Wildman–Crippen MR) is 25.9 cm³/mol. The Balaban J connectivity index is 3.23. The average molecular weight is 105 g/mol. The van der Waals surface area contributed by atoms with E-state index in [1.54, 1.807) is 0 Å². The minimum absolute atomic E-state index is 0.0451. The summed E-state index contributed by atoms with van der Waals surface area (Å²) in [6.07, 6.45) is 1.20. The lowest BCUT2D eigenvalue weighted by Crippen LogP contribution is -1.89. The van der Waals surface area contributed by atoms with E-state index in [4.69, 9.17) is 11.6 Å². The van der Waals surface area contributed by atoms with E-state index in [1.165, 1.54) is 6.08 Å². The van der Waals surface area contributed by atoms with Crippen LogP contribution in [0.5, 0.6) is 0 Å². The highest BCUT2D eigenvalue weighted by molar-refractivity contribution is 6.29. The number of hydrogen-bond acceptors (Lipinski definition) is 1. The first-order chi connectivity index (χ1) is 2.81. The summed E-state index contributed by atoms with van der Waals surface area (Å²) in [5.74, 6) is -0.0829. The SMILES string of the molecule is C=CC(=O)CCl. The second-order valence-corrected chi connectivity index (χ2v) is 1.07. The molecule has 0 fully saturated rings. The standard InChI is InChI=1S/C4H5ClO/c1-2-4(6)3-5/h2H,1,3H2. The highest BCUT2D eigenvalue weighted by atomic mass is 35.5. The molecule has 0 aliphatic heterocycles. The molecule has 0 spiro atoms. The second kappa shape index (κ2) is 2.91. The fourth-order valence-corrected chi connectivity index (χ4v) is 0.164. The first kappa shape index (κ1) is 5.70. The molecule has 0 saturated carbocycles. The molecule has 0 bridgehead atoms. The number of allylic oxidation sites excluding steroid dienone is 1. The Bertz CT molecular complexity index is 67.9. The zero-order valence-corrected chi connectivity index (χ0v) is 4.03. The molecule has 0 saturated heterocycles. The summed E-state index contributed by atoms with van der Waals surface area (Å²) in [6.45, 7) is 3.20. The molecule has 0 aliphatic carbocycles. The largest absolute Gasteiger partial charge is 0.294 e. The number of ketones is 1. The van der Waals surface area contributed by atoms with Crippen LogP contribution in [0.15, 0.2) is 12.7 Å². The molecule has 0 rings (SSSR count). The van der Waals surface area contributed by atoms with Gasteiger partial charge in [-0.3, -0.25) is 4.79 Å². The molecule has 0 aliphatic rings. The van der Waals surface area contributed by atoms with Crippen molar-refractivity contribution >= 4 is 17.4 Å². The minimum atomic E-state index is -0.128. The monoisotopic (exact) mass is 104 g/mol. The van der Waals surface area contributed by atoms with Gasteiger partial charge < -0.3 is 0 Å². The van der Waals surface area contributed by atoms with Crippen LogP contribution in [0.25, 0.3) is 0 Å². The van der Waals surface area contributed by atoms with Crippen molar-refractivity contribution in [3.8, 4) is 0 Å². The van der Waals surface area contributed by atoms with Gasteiger partial charge in [0.25, 0.3) is 0 Å². The van der Waals surface area contributed by atoms with Crippen LogP contribution in [-0.4, -0.2) is 11.7 Å². The number of carbonyl (C=O) groups excluding carboxylic acids is 1. The van der Waals surface area contributed by atoms with Gasteiger partial charge in [-0.05, 0) is 6.08 Å². The summed E-state index contributed by atoms with van der Waals surface area (Å²) in [7, 11) is 0. The quantitative estimate of drug-likeness (QED) is 0.377. The Morgan fingerprint density at radius 3 is 2.50 bits per heavy atom. The maximum Gasteiger partial charge on any atom is 0.169 e. The Morgan fingerprint density at radius 1 is 2.00 bits per heavy atom. The van der Waals surface area contributed by atoms with Gasteiger partial charge in [-0.1, -0.05) is 6.58 Å². The zero-order valence-electron chi connectivity index (χ0n) is 3.28. The number of halogens is 1. The average Bonchev–Trinajstić information content (AvgIpc) is 1.65. The van der Waals surface area contributed by atoms with Gasteiger partial charge in [0.05, 0.1) is 5.88 Å². The molecule has 6 heavy (non-hydrogen) atoms. The Labute approximate surface area is 41.6 Å². The summed E-state index contributed by atoms with van der Waals surface area (Å²) in [6, 6.07) is 0. The summed E-state index contributed by atoms with van der Waals surface area (Å²) in [5.41, 5.74) is 0. The van der Waals surface area contributed by atoms with Crippen molar-refractivity contribution in [1.29, 1.82) is 0 Å². The van der Waals surface area contributed by atoms with Crippen molar-refractivity contribution < 1.29 is 4.79 Å². The Hall–Kier alpha value is -0.300. The van der Waals surface area contributed by atoms with Crippen LogP contribution >= 0.6 is 11.6 Å². The minimum Gasteiger partial charge on any atom is -0.294 e. The van der Waals surface area contributed by atoms with Gasteiger partial charge in [-0.15, -0.1) is 11.6 Å².